The minimum atomic E-state index is -0.649. The van der Waals surface area contributed by atoms with Crippen molar-refractivity contribution in [2.45, 2.75) is 37.7 Å². The third kappa shape index (κ3) is 6.35. The summed E-state index contributed by atoms with van der Waals surface area (Å²) in [5.41, 5.74) is 12.8. The van der Waals surface area contributed by atoms with E-state index in [-0.39, 0.29) is 17.5 Å². The molecule has 0 amide bonds. The lowest BCUT2D eigenvalue weighted by Gasteiger charge is -2.17. The second kappa shape index (κ2) is 11.2. The summed E-state index contributed by atoms with van der Waals surface area (Å²) < 4.78 is 11.1. The first-order chi connectivity index (χ1) is 15.9. The van der Waals surface area contributed by atoms with Gasteiger partial charge in [-0.05, 0) is 54.3 Å². The first-order valence-corrected chi connectivity index (χ1v) is 10.8. The fourth-order valence-corrected chi connectivity index (χ4v) is 3.76. The largest absolute Gasteiger partial charge is 0.508 e. The van der Waals surface area contributed by atoms with E-state index in [4.69, 9.17) is 20.9 Å². The third-order valence-electron chi connectivity index (χ3n) is 5.44. The van der Waals surface area contributed by atoms with Crippen LogP contribution in [0.3, 0.4) is 0 Å². The van der Waals surface area contributed by atoms with E-state index in [1.807, 2.05) is 12.1 Å². The molecule has 174 valence electrons. The molecule has 0 spiro atoms. The Morgan fingerprint density at radius 1 is 1.12 bits per heavy atom. The van der Waals surface area contributed by atoms with Crippen molar-refractivity contribution in [3.63, 3.8) is 0 Å². The molecular weight excluding hydrogens is 422 g/mol. The van der Waals surface area contributed by atoms with E-state index < -0.39 is 18.0 Å². The molecule has 8 nitrogen and oxygen atoms in total. The second-order valence-corrected chi connectivity index (χ2v) is 7.84. The number of nitrogens with two attached hydrogens (primary N) is 2. The Bertz CT molecular complexity index is 1040. The Morgan fingerprint density at radius 2 is 1.88 bits per heavy atom. The smallest absolute Gasteiger partial charge is 0.317 e. The summed E-state index contributed by atoms with van der Waals surface area (Å²) in [7, 11) is 1.34. The molecule has 2 aromatic rings. The maximum atomic E-state index is 12.6. The van der Waals surface area contributed by atoms with Crippen LogP contribution in [0, 0.1) is 0 Å². The van der Waals surface area contributed by atoms with Crippen LogP contribution in [-0.4, -0.2) is 36.5 Å². The number of carbonyl (C=O) groups excluding carboxylic acids is 2. The Labute approximate surface area is 192 Å². The number of carbonyl (C=O) groups is 2. The van der Waals surface area contributed by atoms with Crippen molar-refractivity contribution in [1.82, 2.24) is 0 Å². The van der Waals surface area contributed by atoms with Gasteiger partial charge in [0.2, 0.25) is 0 Å². The Balaban J connectivity index is 1.66. The first kappa shape index (κ1) is 23.8. The lowest BCUT2D eigenvalue weighted by atomic mass is 9.90. The predicted molar refractivity (Wildman–Crippen MR) is 126 cm³/mol. The van der Waals surface area contributed by atoms with Gasteiger partial charge in [0, 0.05) is 18.5 Å². The number of phenols is 1. The van der Waals surface area contributed by atoms with Crippen LogP contribution in [-0.2, 0) is 14.3 Å². The van der Waals surface area contributed by atoms with Crippen LogP contribution in [0.5, 0.6) is 11.5 Å². The number of aromatic hydroxyl groups is 1. The summed E-state index contributed by atoms with van der Waals surface area (Å²) in [5, 5.41) is 9.56. The number of allylic oxidation sites excluding steroid dienone is 1. The molecule has 3 rings (SSSR count). The number of fused-ring (bicyclic) bond motifs is 1. The van der Waals surface area contributed by atoms with Crippen LogP contribution < -0.4 is 16.2 Å². The molecule has 1 aliphatic heterocycles. The van der Waals surface area contributed by atoms with Crippen molar-refractivity contribution < 1.29 is 24.2 Å². The minimum absolute atomic E-state index is 0.0278. The topological polar surface area (TPSA) is 137 Å². The summed E-state index contributed by atoms with van der Waals surface area (Å²) in [4.78, 5) is 28.7. The molecule has 0 aliphatic carbocycles. The number of esters is 1. The average Bonchev–Trinajstić information content (AvgIpc) is 3.18. The first-order valence-electron chi connectivity index (χ1n) is 10.8. The lowest BCUT2D eigenvalue weighted by molar-refractivity contribution is -0.144. The summed E-state index contributed by atoms with van der Waals surface area (Å²) in [6.07, 6.45) is 5.64. The SMILES string of the molecule is COC(=O)[C@H]1c2cc(/C=C/C(=O)CCCCCN=C(N)N)ccc2O[C@@H]1c1ccc(O)cc1. The van der Waals surface area contributed by atoms with Gasteiger partial charge in [-0.25, -0.2) is 0 Å². The molecule has 2 aromatic carbocycles. The lowest BCUT2D eigenvalue weighted by Crippen LogP contribution is -2.22. The van der Waals surface area contributed by atoms with Gasteiger partial charge >= 0.3 is 5.97 Å². The Morgan fingerprint density at radius 3 is 2.58 bits per heavy atom. The number of benzene rings is 2. The molecule has 0 saturated heterocycles. The molecule has 0 unspecified atom stereocenters. The standard InChI is InChI=1S/C25H29N3O5/c1-32-24(31)22-20-15-16(6-10-18(29)5-3-2-4-14-28-25(26)27)7-13-21(20)33-23(22)17-8-11-19(30)12-9-17/h6-13,15,22-23,30H,2-5,14H2,1H3,(H4,26,27,28)/b10-6+/t22-,23+/m0/s1. The number of hydrogen-bond donors (Lipinski definition) is 3. The molecule has 33 heavy (non-hydrogen) atoms. The van der Waals surface area contributed by atoms with E-state index >= 15 is 0 Å². The molecule has 1 heterocycles. The second-order valence-electron chi connectivity index (χ2n) is 7.84. The molecule has 0 bridgehead atoms. The number of rotatable bonds is 10. The average molecular weight is 452 g/mol. The highest BCUT2D eigenvalue weighted by Crippen LogP contribution is 2.47. The van der Waals surface area contributed by atoms with Crippen LogP contribution in [0.25, 0.3) is 6.08 Å². The van der Waals surface area contributed by atoms with Crippen LogP contribution in [0.15, 0.2) is 53.5 Å². The van der Waals surface area contributed by atoms with Gasteiger partial charge in [-0.1, -0.05) is 30.7 Å². The van der Waals surface area contributed by atoms with Gasteiger partial charge in [0.15, 0.2) is 11.7 Å². The molecule has 0 aromatic heterocycles. The van der Waals surface area contributed by atoms with Crippen LogP contribution in [0.4, 0.5) is 0 Å². The summed E-state index contributed by atoms with van der Waals surface area (Å²) >= 11 is 0. The molecular formula is C25H29N3O5. The molecule has 1 aliphatic rings. The van der Waals surface area contributed by atoms with Crippen molar-refractivity contribution in [2.75, 3.05) is 13.7 Å². The maximum Gasteiger partial charge on any atom is 0.317 e. The van der Waals surface area contributed by atoms with E-state index in [0.29, 0.717) is 24.3 Å². The number of ketones is 1. The number of phenolic OH excluding ortho intramolecular Hbond substituents is 1. The van der Waals surface area contributed by atoms with E-state index in [9.17, 15) is 14.7 Å². The van der Waals surface area contributed by atoms with Gasteiger partial charge in [0.25, 0.3) is 0 Å². The van der Waals surface area contributed by atoms with E-state index in [1.165, 1.54) is 7.11 Å². The zero-order valence-electron chi connectivity index (χ0n) is 18.6. The highest BCUT2D eigenvalue weighted by Gasteiger charge is 2.41. The highest BCUT2D eigenvalue weighted by atomic mass is 16.5. The van der Waals surface area contributed by atoms with Gasteiger partial charge in [0.05, 0.1) is 7.11 Å². The zero-order valence-corrected chi connectivity index (χ0v) is 18.6. The minimum Gasteiger partial charge on any atom is -0.508 e. The monoisotopic (exact) mass is 451 g/mol. The fourth-order valence-electron chi connectivity index (χ4n) is 3.76. The fraction of sp³-hybridized carbons (Fsp3) is 0.320. The maximum absolute atomic E-state index is 12.6. The third-order valence-corrected chi connectivity index (χ3v) is 5.44. The van der Waals surface area contributed by atoms with E-state index in [1.54, 1.807) is 42.5 Å². The van der Waals surface area contributed by atoms with Gasteiger partial charge < -0.3 is 26.0 Å². The number of methoxy groups -OCH3 is 1. The van der Waals surface area contributed by atoms with Gasteiger partial charge in [0.1, 0.15) is 23.5 Å². The molecule has 8 heteroatoms. The van der Waals surface area contributed by atoms with Gasteiger partial charge in [-0.3, -0.25) is 14.6 Å². The number of ether oxygens (including phenoxy) is 2. The summed E-state index contributed by atoms with van der Waals surface area (Å²) in [5.74, 6) is -0.228. The van der Waals surface area contributed by atoms with Crippen molar-refractivity contribution >= 4 is 23.8 Å². The predicted octanol–water partition coefficient (Wildman–Crippen LogP) is 3.20. The number of aliphatic imine (C=N–C) groups is 1. The van der Waals surface area contributed by atoms with E-state index in [0.717, 1.165) is 30.4 Å². The molecule has 5 N–H and O–H groups in total. The summed E-state index contributed by atoms with van der Waals surface area (Å²) in [6, 6.07) is 12.0. The van der Waals surface area contributed by atoms with Crippen LogP contribution >= 0.6 is 0 Å². The van der Waals surface area contributed by atoms with Crippen molar-refractivity contribution in [1.29, 1.82) is 0 Å². The van der Waals surface area contributed by atoms with Crippen molar-refractivity contribution in [2.24, 2.45) is 16.5 Å². The molecule has 0 saturated carbocycles. The molecule has 0 fully saturated rings. The number of nitrogens with zero attached hydrogens (tertiary/aromatic N) is 1. The molecule has 2 atom stereocenters. The number of unbranched alkanes of at least 4 members (excludes halogenated alkanes) is 2. The summed E-state index contributed by atoms with van der Waals surface area (Å²) in [6.45, 7) is 0.566. The van der Waals surface area contributed by atoms with E-state index in [2.05, 4.69) is 4.99 Å². The van der Waals surface area contributed by atoms with Crippen molar-refractivity contribution in [3.05, 3.63) is 65.2 Å². The number of guanidine groups is 1. The zero-order chi connectivity index (χ0) is 23.8. The van der Waals surface area contributed by atoms with Crippen LogP contribution in [0.2, 0.25) is 0 Å². The normalized spacial score (nSPS) is 16.8. The highest BCUT2D eigenvalue weighted by molar-refractivity contribution is 5.93. The quantitative estimate of drug-likeness (QED) is 0.166. The molecule has 0 radical (unpaired) electrons. The van der Waals surface area contributed by atoms with Crippen molar-refractivity contribution in [3.8, 4) is 11.5 Å². The number of hydrogen-bond acceptors (Lipinski definition) is 6. The van der Waals surface area contributed by atoms with Gasteiger partial charge in [-0.15, -0.1) is 0 Å². The van der Waals surface area contributed by atoms with Crippen LogP contribution in [0.1, 0.15) is 54.4 Å². The Hall–Kier alpha value is -3.81. The Kier molecular flexibility index (Phi) is 8.07. The van der Waals surface area contributed by atoms with Gasteiger partial charge in [-0.2, -0.15) is 0 Å².